The van der Waals surface area contributed by atoms with Gasteiger partial charge in [-0.1, -0.05) is 12.1 Å². The van der Waals surface area contributed by atoms with E-state index in [2.05, 4.69) is 16.0 Å². The van der Waals surface area contributed by atoms with Crippen molar-refractivity contribution in [1.29, 1.82) is 0 Å². The van der Waals surface area contributed by atoms with E-state index in [4.69, 9.17) is 0 Å². The minimum Gasteiger partial charge on any atom is -0.384 e. The summed E-state index contributed by atoms with van der Waals surface area (Å²) in [7, 11) is 1.53. The second-order valence-electron chi connectivity index (χ2n) is 8.37. The predicted octanol–water partition coefficient (Wildman–Crippen LogP) is 0.409. The molecule has 3 heterocycles. The summed E-state index contributed by atoms with van der Waals surface area (Å²) in [6.45, 7) is 0.882. The van der Waals surface area contributed by atoms with Crippen LogP contribution in [0.25, 0.3) is 0 Å². The van der Waals surface area contributed by atoms with Gasteiger partial charge in [-0.25, -0.2) is 0 Å². The van der Waals surface area contributed by atoms with E-state index in [-0.39, 0.29) is 41.1 Å². The molecule has 0 radical (unpaired) electrons. The van der Waals surface area contributed by atoms with Crippen molar-refractivity contribution in [2.24, 2.45) is 7.05 Å². The maximum Gasteiger partial charge on any atom is 0.267 e. The number of pyridine rings is 1. The molecule has 0 spiro atoms. The Kier molecular flexibility index (Phi) is 6.76. The van der Waals surface area contributed by atoms with Crippen LogP contribution in [0.4, 0.5) is 5.69 Å². The zero-order valence-corrected chi connectivity index (χ0v) is 19.1. The first-order valence-corrected chi connectivity index (χ1v) is 11.3. The molecule has 2 aliphatic rings. The number of anilines is 1. The number of piperidine rings is 1. The molecule has 1 saturated heterocycles. The molecule has 5 amide bonds. The molecule has 1 aromatic heterocycles. The van der Waals surface area contributed by atoms with E-state index < -0.39 is 29.7 Å². The molecule has 2 aromatic rings. The van der Waals surface area contributed by atoms with Crippen molar-refractivity contribution in [3.63, 3.8) is 0 Å². The van der Waals surface area contributed by atoms with Crippen LogP contribution in [0.15, 0.2) is 41.2 Å². The molecule has 3 N–H and O–H groups in total. The number of nitrogens with one attached hydrogen (secondary N) is 3. The van der Waals surface area contributed by atoms with Crippen LogP contribution in [0.2, 0.25) is 0 Å². The van der Waals surface area contributed by atoms with Gasteiger partial charge in [0.2, 0.25) is 11.8 Å². The molecule has 1 fully saturated rings. The van der Waals surface area contributed by atoms with Gasteiger partial charge < -0.3 is 15.2 Å². The predicted molar refractivity (Wildman–Crippen MR) is 125 cm³/mol. The molecule has 4 rings (SSSR count). The number of aromatic nitrogens is 1. The van der Waals surface area contributed by atoms with E-state index in [9.17, 15) is 28.8 Å². The quantitative estimate of drug-likeness (QED) is 0.367. The van der Waals surface area contributed by atoms with E-state index in [1.165, 1.54) is 23.7 Å². The zero-order chi connectivity index (χ0) is 25.1. The van der Waals surface area contributed by atoms with Crippen molar-refractivity contribution < 1.29 is 24.0 Å². The number of fused-ring (bicyclic) bond motifs is 1. The molecule has 0 saturated carbocycles. The molecule has 11 nitrogen and oxygen atoms in total. The highest BCUT2D eigenvalue weighted by molar-refractivity contribution is 6.25. The highest BCUT2D eigenvalue weighted by Gasteiger charge is 2.45. The van der Waals surface area contributed by atoms with Crippen LogP contribution >= 0.6 is 0 Å². The van der Waals surface area contributed by atoms with Crippen LogP contribution in [0.5, 0.6) is 0 Å². The van der Waals surface area contributed by atoms with Gasteiger partial charge in [0, 0.05) is 38.3 Å². The number of carbonyl (C=O) groups excluding carboxylic acids is 5. The lowest BCUT2D eigenvalue weighted by atomic mass is 10.0. The number of rotatable bonds is 8. The van der Waals surface area contributed by atoms with Crippen molar-refractivity contribution in [3.8, 4) is 0 Å². The third kappa shape index (κ3) is 4.70. The summed E-state index contributed by atoms with van der Waals surface area (Å²) in [4.78, 5) is 74.5. The van der Waals surface area contributed by atoms with Gasteiger partial charge >= 0.3 is 0 Å². The number of carbonyl (C=O) groups is 5. The Bertz CT molecular complexity index is 1280. The molecule has 0 aliphatic carbocycles. The van der Waals surface area contributed by atoms with Gasteiger partial charge in [-0.2, -0.15) is 0 Å². The number of hydrogen-bond acceptors (Lipinski definition) is 7. The van der Waals surface area contributed by atoms with Crippen LogP contribution in [-0.2, 0) is 16.6 Å². The topological polar surface area (TPSA) is 147 Å². The average Bonchev–Trinajstić information content (AvgIpc) is 3.08. The molecule has 0 bridgehead atoms. The Morgan fingerprint density at radius 1 is 1.00 bits per heavy atom. The highest BCUT2D eigenvalue weighted by atomic mass is 16.2. The van der Waals surface area contributed by atoms with Gasteiger partial charge in [0.15, 0.2) is 0 Å². The lowest BCUT2D eigenvalue weighted by molar-refractivity contribution is -0.136. The second kappa shape index (κ2) is 9.92. The fourth-order valence-electron chi connectivity index (χ4n) is 4.22. The number of amides is 5. The number of hydrogen-bond donors (Lipinski definition) is 3. The molecular formula is C24H25N5O6. The first-order chi connectivity index (χ1) is 16.8. The second-order valence-corrected chi connectivity index (χ2v) is 8.37. The SMILES string of the molecule is Cn1c(C(=O)NCCCCNc2cccc3c2C(=O)N(C2CCC(=O)NC2=O)C3=O)cccc1=O. The van der Waals surface area contributed by atoms with Crippen molar-refractivity contribution in [1.82, 2.24) is 20.1 Å². The Morgan fingerprint density at radius 2 is 1.74 bits per heavy atom. The minimum absolute atomic E-state index is 0.0615. The third-order valence-electron chi connectivity index (χ3n) is 6.09. The smallest absolute Gasteiger partial charge is 0.267 e. The largest absolute Gasteiger partial charge is 0.384 e. The molecule has 182 valence electrons. The Balaban J connectivity index is 1.32. The zero-order valence-electron chi connectivity index (χ0n) is 19.1. The van der Waals surface area contributed by atoms with Crippen molar-refractivity contribution in [2.45, 2.75) is 31.7 Å². The summed E-state index contributed by atoms with van der Waals surface area (Å²) < 4.78 is 1.28. The number of benzene rings is 1. The maximum absolute atomic E-state index is 13.1. The van der Waals surface area contributed by atoms with Gasteiger partial charge in [-0.3, -0.25) is 39.0 Å². The number of imide groups is 2. The Hall–Kier alpha value is -4.28. The first-order valence-electron chi connectivity index (χ1n) is 11.3. The monoisotopic (exact) mass is 479 g/mol. The van der Waals surface area contributed by atoms with Crippen molar-refractivity contribution >= 4 is 35.2 Å². The summed E-state index contributed by atoms with van der Waals surface area (Å²) in [5, 5.41) is 8.12. The van der Waals surface area contributed by atoms with Gasteiger partial charge in [0.1, 0.15) is 11.7 Å². The van der Waals surface area contributed by atoms with E-state index >= 15 is 0 Å². The minimum atomic E-state index is -1.01. The van der Waals surface area contributed by atoms with Crippen molar-refractivity contribution in [3.05, 3.63) is 63.6 Å². The van der Waals surface area contributed by atoms with E-state index in [1.54, 1.807) is 24.3 Å². The standard InChI is InChI=1S/C24H25N5O6/c1-28-16(8-5-9-19(28)31)21(32)26-13-3-2-12-25-15-7-4-6-14-20(15)24(35)29(23(14)34)17-10-11-18(30)27-22(17)33/h4-9,17,25H,2-3,10-13H2,1H3,(H,26,32)(H,27,30,33). The fraction of sp³-hybridized carbons (Fsp3) is 0.333. The summed E-state index contributed by atoms with van der Waals surface area (Å²) >= 11 is 0. The molecular weight excluding hydrogens is 454 g/mol. The summed E-state index contributed by atoms with van der Waals surface area (Å²) in [5.41, 5.74) is 0.922. The first kappa shape index (κ1) is 23.9. The summed E-state index contributed by atoms with van der Waals surface area (Å²) in [6, 6.07) is 8.36. The fourth-order valence-corrected chi connectivity index (χ4v) is 4.22. The molecule has 2 aliphatic heterocycles. The third-order valence-corrected chi connectivity index (χ3v) is 6.09. The number of nitrogens with zero attached hydrogens (tertiary/aromatic N) is 2. The summed E-state index contributed by atoms with van der Waals surface area (Å²) in [6.07, 6.45) is 1.47. The van der Waals surface area contributed by atoms with Gasteiger partial charge in [-0.05, 0) is 37.5 Å². The average molecular weight is 479 g/mol. The van der Waals surface area contributed by atoms with E-state index in [0.717, 1.165) is 4.90 Å². The molecule has 1 aromatic carbocycles. The summed E-state index contributed by atoms with van der Waals surface area (Å²) in [5.74, 6) is -2.53. The van der Waals surface area contributed by atoms with E-state index in [1.807, 2.05) is 0 Å². The van der Waals surface area contributed by atoms with Crippen molar-refractivity contribution in [2.75, 3.05) is 18.4 Å². The van der Waals surface area contributed by atoms with Crippen LogP contribution in [-0.4, -0.2) is 58.1 Å². The molecule has 35 heavy (non-hydrogen) atoms. The molecule has 1 unspecified atom stereocenters. The van der Waals surface area contributed by atoms with Crippen LogP contribution in [0, 0.1) is 0 Å². The van der Waals surface area contributed by atoms with Gasteiger partial charge in [0.05, 0.1) is 11.1 Å². The Labute approximate surface area is 200 Å². The lowest BCUT2D eigenvalue weighted by Gasteiger charge is -2.27. The van der Waals surface area contributed by atoms with Crippen LogP contribution < -0.4 is 21.5 Å². The van der Waals surface area contributed by atoms with Crippen LogP contribution in [0.3, 0.4) is 0 Å². The maximum atomic E-state index is 13.1. The number of unbranched alkanes of at least 4 members (excludes halogenated alkanes) is 1. The Morgan fingerprint density at radius 3 is 2.51 bits per heavy atom. The molecule has 1 atom stereocenters. The lowest BCUT2D eigenvalue weighted by Crippen LogP contribution is -2.54. The normalized spacial score (nSPS) is 17.3. The van der Waals surface area contributed by atoms with Crippen LogP contribution in [0.1, 0.15) is 56.9 Å². The molecule has 11 heteroatoms. The van der Waals surface area contributed by atoms with Gasteiger partial charge in [-0.15, -0.1) is 0 Å². The van der Waals surface area contributed by atoms with Gasteiger partial charge in [0.25, 0.3) is 23.3 Å². The van der Waals surface area contributed by atoms with E-state index in [0.29, 0.717) is 31.6 Å². The highest BCUT2D eigenvalue weighted by Crippen LogP contribution is 2.32.